The number of fused-ring (bicyclic) bond motifs is 1. The minimum atomic E-state index is -3.33. The van der Waals surface area contributed by atoms with E-state index in [9.17, 15) is 18.0 Å². The first-order chi connectivity index (χ1) is 13.9. The number of aryl methyl sites for hydroxylation is 1. The molecule has 156 valence electrons. The molecule has 10 heteroatoms. The summed E-state index contributed by atoms with van der Waals surface area (Å²) >= 11 is 0. The maximum atomic E-state index is 13.0. The number of benzene rings is 1. The molecule has 2 aromatic heterocycles. The first-order valence-electron chi connectivity index (χ1n) is 9.36. The van der Waals surface area contributed by atoms with Crippen molar-refractivity contribution in [3.63, 3.8) is 0 Å². The van der Waals surface area contributed by atoms with E-state index >= 15 is 0 Å². The molecule has 0 amide bonds. The summed E-state index contributed by atoms with van der Waals surface area (Å²) in [6, 6.07) is 9.26. The van der Waals surface area contributed by atoms with Crippen molar-refractivity contribution in [2.75, 3.05) is 25.2 Å². The van der Waals surface area contributed by atoms with Crippen molar-refractivity contribution in [3.8, 4) is 11.4 Å². The highest BCUT2D eigenvalue weighted by molar-refractivity contribution is 7.91. The Kier molecular flexibility index (Phi) is 6.33. The Morgan fingerprint density at radius 1 is 1.10 bits per heavy atom. The summed E-state index contributed by atoms with van der Waals surface area (Å²) in [6.45, 7) is 2.06. The van der Waals surface area contributed by atoms with Crippen LogP contribution in [0, 0.1) is 0 Å². The molecule has 0 bridgehead atoms. The Bertz CT molecular complexity index is 1210. The molecule has 0 aliphatic rings. The summed E-state index contributed by atoms with van der Waals surface area (Å²) in [5, 5.41) is 0. The predicted molar refractivity (Wildman–Crippen MR) is 111 cm³/mol. The second kappa shape index (κ2) is 8.75. The number of aromatic nitrogens is 4. The van der Waals surface area contributed by atoms with Gasteiger partial charge in [-0.2, -0.15) is 0 Å². The van der Waals surface area contributed by atoms with E-state index in [2.05, 4.69) is 9.97 Å². The van der Waals surface area contributed by atoms with Crippen LogP contribution in [0.5, 0.6) is 0 Å². The summed E-state index contributed by atoms with van der Waals surface area (Å²) in [6.07, 6.45) is 0.546. The van der Waals surface area contributed by atoms with E-state index in [0.717, 1.165) is 10.1 Å². The highest BCUT2D eigenvalue weighted by atomic mass is 32.2. The number of sulfone groups is 1. The maximum Gasteiger partial charge on any atom is 0.332 e. The molecule has 0 spiro atoms. The van der Waals surface area contributed by atoms with Gasteiger partial charge in [-0.25, -0.2) is 18.2 Å². The van der Waals surface area contributed by atoms with Crippen LogP contribution in [0.1, 0.15) is 13.3 Å². The molecule has 29 heavy (non-hydrogen) atoms. The van der Waals surface area contributed by atoms with Gasteiger partial charge in [-0.15, -0.1) is 0 Å². The summed E-state index contributed by atoms with van der Waals surface area (Å²) < 4.78 is 31.2. The van der Waals surface area contributed by atoms with Gasteiger partial charge in [-0.3, -0.25) is 13.9 Å². The second-order valence-corrected chi connectivity index (χ2v) is 9.10. The van der Waals surface area contributed by atoms with Crippen LogP contribution in [-0.2, 0) is 27.7 Å². The van der Waals surface area contributed by atoms with Gasteiger partial charge in [0.15, 0.2) is 15.5 Å². The lowest BCUT2D eigenvalue weighted by atomic mass is 10.2. The van der Waals surface area contributed by atoms with Gasteiger partial charge in [0.05, 0.1) is 5.75 Å². The zero-order chi connectivity index (χ0) is 21.0. The smallest absolute Gasteiger partial charge is 0.332 e. The first kappa shape index (κ1) is 21.0. The maximum absolute atomic E-state index is 13.0. The average Bonchev–Trinajstić information content (AvgIpc) is 3.16. The van der Waals surface area contributed by atoms with Crippen LogP contribution >= 0.6 is 0 Å². The van der Waals surface area contributed by atoms with Crippen LogP contribution in [0.2, 0.25) is 0 Å². The molecule has 0 saturated carbocycles. The van der Waals surface area contributed by atoms with Crippen molar-refractivity contribution in [2.45, 2.75) is 26.4 Å². The monoisotopic (exact) mass is 420 g/mol. The molecule has 0 atom stereocenters. The number of hydrogen-bond donors (Lipinski definition) is 1. The average molecular weight is 420 g/mol. The largest absolute Gasteiger partial charge is 0.385 e. The summed E-state index contributed by atoms with van der Waals surface area (Å²) in [5.41, 5.74) is 0.0587. The van der Waals surface area contributed by atoms with E-state index in [0.29, 0.717) is 25.4 Å². The normalized spacial score (nSPS) is 11.9. The van der Waals surface area contributed by atoms with Crippen LogP contribution in [0.4, 0.5) is 0 Å². The number of nitrogens with one attached hydrogen (secondary N) is 1. The molecule has 3 rings (SSSR count). The first-order valence-corrected chi connectivity index (χ1v) is 11.2. The van der Waals surface area contributed by atoms with E-state index < -0.39 is 21.1 Å². The number of nitrogens with zero attached hydrogens (tertiary/aromatic N) is 3. The third kappa shape index (κ3) is 4.48. The van der Waals surface area contributed by atoms with Crippen LogP contribution < -0.4 is 11.2 Å². The Hall–Kier alpha value is -2.72. The van der Waals surface area contributed by atoms with Gasteiger partial charge < -0.3 is 9.72 Å². The minimum absolute atomic E-state index is 0.0474. The molecule has 9 nitrogen and oxygen atoms in total. The standard InChI is InChI=1S/C19H24N4O5S/c1-3-29(26,27)13-11-23-18(24)15-17(22(19(23)25)10-7-12-28-2)21-16(20-15)14-8-5-4-6-9-14/h4-6,8-9H,3,7,10-13H2,1-2H3,(H,20,21). The number of rotatable bonds is 9. The summed E-state index contributed by atoms with van der Waals surface area (Å²) in [5.74, 6) is 0.146. The van der Waals surface area contributed by atoms with Crippen molar-refractivity contribution in [3.05, 3.63) is 51.2 Å². The van der Waals surface area contributed by atoms with Gasteiger partial charge in [-0.1, -0.05) is 37.3 Å². The number of imidazole rings is 1. The molecule has 0 saturated heterocycles. The quantitative estimate of drug-likeness (QED) is 0.517. The molecular formula is C19H24N4O5S. The fraction of sp³-hybridized carbons (Fsp3) is 0.421. The van der Waals surface area contributed by atoms with E-state index in [1.165, 1.54) is 11.5 Å². The molecule has 1 aromatic carbocycles. The fourth-order valence-corrected chi connectivity index (χ4v) is 3.79. The Balaban J connectivity index is 2.16. The topological polar surface area (TPSA) is 116 Å². The molecular weight excluding hydrogens is 396 g/mol. The minimum Gasteiger partial charge on any atom is -0.385 e. The number of aromatic amines is 1. The summed E-state index contributed by atoms with van der Waals surface area (Å²) in [7, 11) is -1.76. The van der Waals surface area contributed by atoms with Crippen molar-refractivity contribution < 1.29 is 13.2 Å². The van der Waals surface area contributed by atoms with Crippen molar-refractivity contribution in [1.82, 2.24) is 19.1 Å². The van der Waals surface area contributed by atoms with Crippen molar-refractivity contribution in [2.24, 2.45) is 0 Å². The van der Waals surface area contributed by atoms with E-state index in [1.54, 1.807) is 7.11 Å². The molecule has 0 radical (unpaired) electrons. The molecule has 2 heterocycles. The predicted octanol–water partition coefficient (Wildman–Crippen LogP) is 1.02. The van der Waals surface area contributed by atoms with Gasteiger partial charge in [0, 0.05) is 38.1 Å². The molecule has 0 unspecified atom stereocenters. The SMILES string of the molecule is CCS(=O)(=O)CCn1c(=O)c2[nH]c(-c3ccccc3)nc2n(CCCOC)c1=O. The zero-order valence-corrected chi connectivity index (χ0v) is 17.2. The van der Waals surface area contributed by atoms with Crippen LogP contribution in [-0.4, -0.2) is 52.7 Å². The molecule has 0 aliphatic carbocycles. The van der Waals surface area contributed by atoms with E-state index in [4.69, 9.17) is 4.74 Å². The van der Waals surface area contributed by atoms with Gasteiger partial charge in [-0.05, 0) is 6.42 Å². The zero-order valence-electron chi connectivity index (χ0n) is 16.4. The van der Waals surface area contributed by atoms with Gasteiger partial charge in [0.2, 0.25) is 0 Å². The lowest BCUT2D eigenvalue weighted by molar-refractivity contribution is 0.190. The third-order valence-electron chi connectivity index (χ3n) is 4.70. The third-order valence-corrected chi connectivity index (χ3v) is 6.39. The Morgan fingerprint density at radius 3 is 2.48 bits per heavy atom. The highest BCUT2D eigenvalue weighted by Crippen LogP contribution is 2.18. The Labute approximate surface area is 167 Å². The molecule has 3 aromatic rings. The molecule has 1 N–H and O–H groups in total. The van der Waals surface area contributed by atoms with E-state index in [-0.39, 0.29) is 29.2 Å². The van der Waals surface area contributed by atoms with Crippen LogP contribution in [0.15, 0.2) is 39.9 Å². The van der Waals surface area contributed by atoms with Gasteiger partial charge >= 0.3 is 5.69 Å². The fourth-order valence-electron chi connectivity index (χ4n) is 3.04. The number of methoxy groups -OCH3 is 1. The lowest BCUT2D eigenvalue weighted by Gasteiger charge is -2.11. The number of hydrogen-bond acceptors (Lipinski definition) is 6. The van der Waals surface area contributed by atoms with Crippen LogP contribution in [0.3, 0.4) is 0 Å². The summed E-state index contributed by atoms with van der Waals surface area (Å²) in [4.78, 5) is 33.4. The van der Waals surface area contributed by atoms with Crippen LogP contribution in [0.25, 0.3) is 22.6 Å². The lowest BCUT2D eigenvalue weighted by Crippen LogP contribution is -2.41. The number of H-pyrrole nitrogens is 1. The van der Waals surface area contributed by atoms with Gasteiger partial charge in [0.25, 0.3) is 5.56 Å². The molecule has 0 fully saturated rings. The van der Waals surface area contributed by atoms with E-state index in [1.807, 2.05) is 30.3 Å². The van der Waals surface area contributed by atoms with Crippen molar-refractivity contribution in [1.29, 1.82) is 0 Å². The Morgan fingerprint density at radius 2 is 1.83 bits per heavy atom. The molecule has 0 aliphatic heterocycles. The van der Waals surface area contributed by atoms with Crippen molar-refractivity contribution >= 4 is 21.0 Å². The second-order valence-electron chi connectivity index (χ2n) is 6.62. The van der Waals surface area contributed by atoms with Gasteiger partial charge in [0.1, 0.15) is 11.3 Å². The number of ether oxygens (including phenoxy) is 1. The highest BCUT2D eigenvalue weighted by Gasteiger charge is 2.19.